The van der Waals surface area contributed by atoms with E-state index in [4.69, 9.17) is 9.47 Å². The first-order valence-electron chi connectivity index (χ1n) is 12.1. The first kappa shape index (κ1) is 24.5. The van der Waals surface area contributed by atoms with Crippen molar-refractivity contribution in [2.75, 3.05) is 19.2 Å². The molecule has 2 saturated carbocycles. The molecule has 6 rings (SSSR count). The van der Waals surface area contributed by atoms with Crippen molar-refractivity contribution in [3.05, 3.63) is 57.9 Å². The minimum Gasteiger partial charge on any atom is -0.511 e. The Kier molecular flexibility index (Phi) is 6.09. The number of benzene rings is 1. The largest absolute Gasteiger partial charge is 0.511 e. The second-order valence-corrected chi connectivity index (χ2v) is 12.3. The van der Waals surface area contributed by atoms with Gasteiger partial charge in [-0.2, -0.15) is 8.42 Å². The molecule has 4 atom stereocenters. The molecule has 37 heavy (non-hydrogen) atoms. The Morgan fingerprint density at radius 2 is 2.00 bits per heavy atom. The van der Waals surface area contributed by atoms with E-state index < -0.39 is 15.9 Å². The summed E-state index contributed by atoms with van der Waals surface area (Å²) in [4.78, 5) is 15.6. The van der Waals surface area contributed by atoms with Crippen LogP contribution >= 0.6 is 11.3 Å². The molecule has 1 amide bonds. The fourth-order valence-corrected chi connectivity index (χ4v) is 8.90. The summed E-state index contributed by atoms with van der Waals surface area (Å²) in [5, 5.41) is 16.4. The van der Waals surface area contributed by atoms with Gasteiger partial charge in [-0.3, -0.25) is 4.79 Å². The van der Waals surface area contributed by atoms with Gasteiger partial charge in [-0.1, -0.05) is 12.1 Å². The van der Waals surface area contributed by atoms with Crippen molar-refractivity contribution in [2.24, 2.45) is 22.2 Å². The maximum Gasteiger partial charge on any atom is 0.287 e. The average molecular weight is 548 g/mol. The van der Waals surface area contributed by atoms with Crippen LogP contribution < -0.4 is 5.32 Å². The number of carbonyl (C=O) groups excluding carboxylic acids is 1. The molecule has 12 heteroatoms. The van der Waals surface area contributed by atoms with E-state index in [1.807, 2.05) is 0 Å². The number of anilines is 1. The van der Waals surface area contributed by atoms with Crippen LogP contribution in [0, 0.1) is 23.6 Å². The molecule has 9 nitrogen and oxygen atoms in total. The van der Waals surface area contributed by atoms with E-state index in [1.54, 1.807) is 22.4 Å². The number of methoxy groups -OCH3 is 1. The molecule has 2 bridgehead atoms. The standard InChI is InChI=1S/C25H26FN3O6S2/c1-34-12-35-10-16-11-36-24-22(16)37(32,33)28-23(27-24)19-21(30)18-14-4-5-15(8-14)20(18)29(25(19)31)9-13-2-6-17(26)7-3-13/h2-3,6-7,11,14-15,18,20,30H,4-5,8-10,12H2,1H3,(H,27,28)/t14-,15+,18+,20-/m0/s1. The Balaban J connectivity index is 1.38. The van der Waals surface area contributed by atoms with E-state index in [0.717, 1.165) is 36.2 Å². The Hall–Kier alpha value is -2.80. The molecule has 1 aromatic carbocycles. The predicted molar refractivity (Wildman–Crippen MR) is 134 cm³/mol. The highest BCUT2D eigenvalue weighted by atomic mass is 32.2. The van der Waals surface area contributed by atoms with Gasteiger partial charge in [0.25, 0.3) is 15.9 Å². The Morgan fingerprint density at radius 1 is 1.24 bits per heavy atom. The molecule has 2 N–H and O–H groups in total. The molecule has 0 saturated heterocycles. The molecule has 1 aromatic heterocycles. The number of nitrogens with zero attached hydrogens (tertiary/aromatic N) is 2. The molecule has 2 aliphatic carbocycles. The van der Waals surface area contributed by atoms with E-state index >= 15 is 0 Å². The van der Waals surface area contributed by atoms with Crippen molar-refractivity contribution in [1.82, 2.24) is 4.90 Å². The van der Waals surface area contributed by atoms with Gasteiger partial charge < -0.3 is 24.8 Å². The number of rotatable bonds is 7. The Labute approximate surface area is 217 Å². The molecular formula is C25H26FN3O6S2. The Bertz CT molecular complexity index is 1420. The number of nitrogens with one attached hydrogen (secondary N) is 1. The second-order valence-electron chi connectivity index (χ2n) is 9.88. The van der Waals surface area contributed by atoms with Gasteiger partial charge in [-0.25, -0.2) is 4.39 Å². The third-order valence-electron chi connectivity index (χ3n) is 7.76. The zero-order chi connectivity index (χ0) is 25.9. The van der Waals surface area contributed by atoms with Crippen LogP contribution in [0.2, 0.25) is 0 Å². The highest BCUT2D eigenvalue weighted by Crippen LogP contribution is 2.55. The summed E-state index contributed by atoms with van der Waals surface area (Å²) >= 11 is 1.16. The van der Waals surface area contributed by atoms with Crippen LogP contribution in [0.1, 0.15) is 30.4 Å². The molecule has 196 valence electrons. The van der Waals surface area contributed by atoms with Crippen LogP contribution in [0.3, 0.4) is 0 Å². The number of aliphatic hydroxyl groups excluding tert-OH is 1. The van der Waals surface area contributed by atoms with Gasteiger partial charge in [0.2, 0.25) is 0 Å². The highest BCUT2D eigenvalue weighted by Gasteiger charge is 2.57. The normalized spacial score (nSPS) is 27.7. The number of ether oxygens (including phenoxy) is 2. The van der Waals surface area contributed by atoms with Gasteiger partial charge in [-0.05, 0) is 54.2 Å². The van der Waals surface area contributed by atoms with E-state index in [-0.39, 0.29) is 71.6 Å². The highest BCUT2D eigenvalue weighted by molar-refractivity contribution is 7.90. The van der Waals surface area contributed by atoms with Crippen molar-refractivity contribution >= 4 is 38.1 Å². The predicted octanol–water partition coefficient (Wildman–Crippen LogP) is 3.79. The monoisotopic (exact) mass is 547 g/mol. The lowest BCUT2D eigenvalue weighted by atomic mass is 9.77. The van der Waals surface area contributed by atoms with Crippen molar-refractivity contribution in [2.45, 2.75) is 43.4 Å². The molecule has 0 unspecified atom stereocenters. The molecule has 0 radical (unpaired) electrons. The maximum absolute atomic E-state index is 13.9. The lowest BCUT2D eigenvalue weighted by Crippen LogP contribution is -2.53. The van der Waals surface area contributed by atoms with Gasteiger partial charge in [0.05, 0.1) is 6.61 Å². The summed E-state index contributed by atoms with van der Waals surface area (Å²) in [5.74, 6) is -0.950. The summed E-state index contributed by atoms with van der Waals surface area (Å²) in [6.07, 6.45) is 2.82. The molecular weight excluding hydrogens is 521 g/mol. The number of hydrogen-bond acceptors (Lipinski definition) is 8. The van der Waals surface area contributed by atoms with E-state index in [1.165, 1.54) is 19.2 Å². The number of amidine groups is 1. The van der Waals surface area contributed by atoms with Crippen LogP contribution in [0.15, 0.2) is 50.3 Å². The zero-order valence-electron chi connectivity index (χ0n) is 20.0. The van der Waals surface area contributed by atoms with E-state index in [9.17, 15) is 22.7 Å². The van der Waals surface area contributed by atoms with Crippen LogP contribution in [0.4, 0.5) is 9.39 Å². The summed E-state index contributed by atoms with van der Waals surface area (Å²) < 4.78 is 54.1. The minimum atomic E-state index is -4.17. The topological polar surface area (TPSA) is 118 Å². The number of fused-ring (bicyclic) bond motifs is 6. The lowest BCUT2D eigenvalue weighted by molar-refractivity contribution is -0.134. The third kappa shape index (κ3) is 4.06. The minimum absolute atomic E-state index is 0.00155. The summed E-state index contributed by atoms with van der Waals surface area (Å²) in [7, 11) is -2.70. The number of hydrogen-bond donors (Lipinski definition) is 2. The quantitative estimate of drug-likeness (QED) is 0.400. The van der Waals surface area contributed by atoms with Crippen molar-refractivity contribution in [1.29, 1.82) is 0 Å². The average Bonchev–Trinajstić information content (AvgIpc) is 3.58. The van der Waals surface area contributed by atoms with E-state index in [0.29, 0.717) is 10.6 Å². The number of amides is 1. The number of carbonyl (C=O) groups is 1. The zero-order valence-corrected chi connectivity index (χ0v) is 21.6. The van der Waals surface area contributed by atoms with Gasteiger partial charge in [0.1, 0.15) is 33.8 Å². The van der Waals surface area contributed by atoms with Crippen LogP contribution in [0.25, 0.3) is 0 Å². The van der Waals surface area contributed by atoms with Gasteiger partial charge in [0.15, 0.2) is 5.84 Å². The van der Waals surface area contributed by atoms with Crippen molar-refractivity contribution in [3.8, 4) is 0 Å². The molecule has 3 heterocycles. The first-order chi connectivity index (χ1) is 17.8. The fourth-order valence-electron chi connectivity index (χ4n) is 6.33. The number of aliphatic hydroxyl groups is 1. The molecule has 0 spiro atoms. The van der Waals surface area contributed by atoms with Crippen LogP contribution in [-0.2, 0) is 37.4 Å². The lowest BCUT2D eigenvalue weighted by Gasteiger charge is -2.44. The fraction of sp³-hybridized carbons (Fsp3) is 0.440. The molecule has 2 aromatic rings. The number of thiophene rings is 1. The summed E-state index contributed by atoms with van der Waals surface area (Å²) in [6, 6.07) is 5.77. The summed E-state index contributed by atoms with van der Waals surface area (Å²) in [5.41, 5.74) is 1.08. The molecule has 2 aliphatic heterocycles. The third-order valence-corrected chi connectivity index (χ3v) is 10.2. The van der Waals surface area contributed by atoms with Gasteiger partial charge >= 0.3 is 0 Å². The summed E-state index contributed by atoms with van der Waals surface area (Å²) in [6.45, 7) is 0.263. The van der Waals surface area contributed by atoms with Gasteiger partial charge in [0, 0.05) is 31.2 Å². The van der Waals surface area contributed by atoms with Crippen molar-refractivity contribution < 1.29 is 32.2 Å². The van der Waals surface area contributed by atoms with Crippen molar-refractivity contribution in [3.63, 3.8) is 0 Å². The molecule has 2 fully saturated rings. The first-order valence-corrected chi connectivity index (χ1v) is 14.4. The SMILES string of the molecule is COCOCc1csc2c1S(=O)(=O)N=C(C1=C(O)[C@@H]3[C@H]4CC[C@H](C4)[C@@H]3N(Cc3ccc(F)cc3)C1=O)N2. The number of sulfonamides is 1. The smallest absolute Gasteiger partial charge is 0.287 e. The van der Waals surface area contributed by atoms with Crippen LogP contribution in [-0.4, -0.2) is 50.1 Å². The molecule has 4 aliphatic rings. The second kappa shape index (κ2) is 9.19. The Morgan fingerprint density at radius 3 is 2.76 bits per heavy atom. The maximum atomic E-state index is 13.9. The van der Waals surface area contributed by atoms with E-state index in [2.05, 4.69) is 9.71 Å². The van der Waals surface area contributed by atoms with Crippen LogP contribution in [0.5, 0.6) is 0 Å². The van der Waals surface area contributed by atoms with Gasteiger partial charge in [-0.15, -0.1) is 15.7 Å². The number of halogens is 1.